The minimum absolute atomic E-state index is 0.231. The van der Waals surface area contributed by atoms with Crippen molar-refractivity contribution in [2.75, 3.05) is 6.54 Å². The average Bonchev–Trinajstić information content (AvgIpc) is 3.28. The Labute approximate surface area is 159 Å². The lowest BCUT2D eigenvalue weighted by molar-refractivity contribution is 0.0950. The molecule has 1 aromatic carbocycles. The number of fused-ring (bicyclic) bond motifs is 1. The highest BCUT2D eigenvalue weighted by Crippen LogP contribution is 2.27. The molecule has 0 unspecified atom stereocenters. The fourth-order valence-electron chi connectivity index (χ4n) is 3.02. The number of carbonyl (C=O) groups excluding carboxylic acids is 1. The number of benzene rings is 1. The predicted molar refractivity (Wildman–Crippen MR) is 102 cm³/mol. The zero-order valence-electron chi connectivity index (χ0n) is 14.1. The standard InChI is InChI=1S/C19H18FN3OS2/c20-13-6-2-1-5-12(13)19-23-15(11-25-19)18(24)21-10-9-17-22-14-7-3-4-8-16(14)26-17/h1-2,5-6,11H,3-4,7-10H2,(H,21,24). The molecule has 1 N–H and O–H groups in total. The van der Waals surface area contributed by atoms with Crippen molar-refractivity contribution in [1.82, 2.24) is 15.3 Å². The molecule has 0 saturated carbocycles. The largest absolute Gasteiger partial charge is 0.350 e. The summed E-state index contributed by atoms with van der Waals surface area (Å²) in [6.45, 7) is 0.526. The van der Waals surface area contributed by atoms with E-state index in [2.05, 4.69) is 15.3 Å². The molecule has 0 radical (unpaired) electrons. The van der Waals surface area contributed by atoms with Crippen LogP contribution < -0.4 is 5.32 Å². The van der Waals surface area contributed by atoms with Crippen molar-refractivity contribution in [3.63, 3.8) is 0 Å². The molecule has 1 amide bonds. The first-order valence-electron chi connectivity index (χ1n) is 8.67. The Morgan fingerprint density at radius 2 is 2.04 bits per heavy atom. The molecule has 0 fully saturated rings. The molecule has 2 heterocycles. The second-order valence-corrected chi connectivity index (χ2v) is 8.23. The first kappa shape index (κ1) is 17.3. The van der Waals surface area contributed by atoms with E-state index in [0.29, 0.717) is 22.8 Å². The molecule has 0 saturated heterocycles. The summed E-state index contributed by atoms with van der Waals surface area (Å²) >= 11 is 3.04. The lowest BCUT2D eigenvalue weighted by Gasteiger charge is -2.06. The summed E-state index contributed by atoms with van der Waals surface area (Å²) in [5.74, 6) is -0.563. The Balaban J connectivity index is 1.35. The zero-order valence-corrected chi connectivity index (χ0v) is 15.8. The average molecular weight is 388 g/mol. The van der Waals surface area contributed by atoms with Gasteiger partial charge < -0.3 is 5.32 Å². The number of rotatable bonds is 5. The summed E-state index contributed by atoms with van der Waals surface area (Å²) in [4.78, 5) is 22.6. The van der Waals surface area contributed by atoms with Gasteiger partial charge in [0.15, 0.2) is 0 Å². The molecule has 0 bridgehead atoms. The molecule has 26 heavy (non-hydrogen) atoms. The Morgan fingerprint density at radius 3 is 2.88 bits per heavy atom. The highest BCUT2D eigenvalue weighted by atomic mass is 32.1. The van der Waals surface area contributed by atoms with E-state index in [0.717, 1.165) is 24.3 Å². The molecular formula is C19H18FN3OS2. The van der Waals surface area contributed by atoms with Crippen molar-refractivity contribution in [2.24, 2.45) is 0 Å². The first-order valence-corrected chi connectivity index (χ1v) is 10.4. The van der Waals surface area contributed by atoms with Crippen LogP contribution in [0.4, 0.5) is 4.39 Å². The number of amides is 1. The van der Waals surface area contributed by atoms with E-state index in [-0.39, 0.29) is 11.7 Å². The van der Waals surface area contributed by atoms with Gasteiger partial charge in [0, 0.05) is 28.8 Å². The van der Waals surface area contributed by atoms with Crippen molar-refractivity contribution in [1.29, 1.82) is 0 Å². The Kier molecular flexibility index (Phi) is 5.08. The van der Waals surface area contributed by atoms with Gasteiger partial charge >= 0.3 is 0 Å². The van der Waals surface area contributed by atoms with E-state index in [1.54, 1.807) is 34.9 Å². The van der Waals surface area contributed by atoms with Gasteiger partial charge in [-0.05, 0) is 37.8 Å². The van der Waals surface area contributed by atoms with Gasteiger partial charge in [-0.3, -0.25) is 4.79 Å². The van der Waals surface area contributed by atoms with Crippen molar-refractivity contribution < 1.29 is 9.18 Å². The quantitative estimate of drug-likeness (QED) is 0.712. The van der Waals surface area contributed by atoms with Crippen LogP contribution in [0, 0.1) is 5.82 Å². The van der Waals surface area contributed by atoms with Crippen LogP contribution in [0.3, 0.4) is 0 Å². The van der Waals surface area contributed by atoms with E-state index in [4.69, 9.17) is 0 Å². The lowest BCUT2D eigenvalue weighted by atomic mass is 10.0. The number of nitrogens with zero attached hydrogens (tertiary/aromatic N) is 2. The second kappa shape index (κ2) is 7.63. The monoisotopic (exact) mass is 387 g/mol. The van der Waals surface area contributed by atoms with Crippen LogP contribution in [0.25, 0.3) is 10.6 Å². The smallest absolute Gasteiger partial charge is 0.270 e. The van der Waals surface area contributed by atoms with Crippen LogP contribution in [0.2, 0.25) is 0 Å². The van der Waals surface area contributed by atoms with Gasteiger partial charge in [-0.2, -0.15) is 0 Å². The summed E-state index contributed by atoms with van der Waals surface area (Å²) in [5.41, 5.74) is 1.99. The highest BCUT2D eigenvalue weighted by molar-refractivity contribution is 7.13. The Hall–Kier alpha value is -2.12. The molecule has 3 aromatic rings. The number of carbonyl (C=O) groups is 1. The number of hydrogen-bond donors (Lipinski definition) is 1. The highest BCUT2D eigenvalue weighted by Gasteiger charge is 2.16. The maximum Gasteiger partial charge on any atom is 0.270 e. The fraction of sp³-hybridized carbons (Fsp3) is 0.316. The second-order valence-electron chi connectivity index (χ2n) is 6.21. The summed E-state index contributed by atoms with van der Waals surface area (Å²) in [6, 6.07) is 6.45. The SMILES string of the molecule is O=C(NCCc1nc2c(s1)CCCC2)c1csc(-c2ccccc2F)n1. The van der Waals surface area contributed by atoms with Gasteiger partial charge in [0.05, 0.1) is 10.7 Å². The van der Waals surface area contributed by atoms with Crippen molar-refractivity contribution >= 4 is 28.6 Å². The third-order valence-corrected chi connectivity index (χ3v) is 6.45. The molecule has 2 aromatic heterocycles. The van der Waals surface area contributed by atoms with E-state index in [1.165, 1.54) is 40.8 Å². The molecule has 0 atom stereocenters. The van der Waals surface area contributed by atoms with Crippen molar-refractivity contribution in [2.45, 2.75) is 32.1 Å². The summed E-state index contributed by atoms with van der Waals surface area (Å²) < 4.78 is 13.8. The zero-order chi connectivity index (χ0) is 17.9. The molecule has 0 spiro atoms. The Morgan fingerprint density at radius 1 is 1.19 bits per heavy atom. The van der Waals surface area contributed by atoms with Crippen LogP contribution in [0.5, 0.6) is 0 Å². The fourth-order valence-corrected chi connectivity index (χ4v) is 5.01. The van der Waals surface area contributed by atoms with Crippen LogP contribution in [0.15, 0.2) is 29.6 Å². The van der Waals surface area contributed by atoms with E-state index in [9.17, 15) is 9.18 Å². The maximum atomic E-state index is 13.8. The van der Waals surface area contributed by atoms with E-state index < -0.39 is 0 Å². The molecule has 1 aliphatic carbocycles. The normalized spacial score (nSPS) is 13.4. The summed E-state index contributed by atoms with van der Waals surface area (Å²) in [6.07, 6.45) is 5.42. The third kappa shape index (κ3) is 3.68. The van der Waals surface area contributed by atoms with E-state index in [1.807, 2.05) is 0 Å². The first-order chi connectivity index (χ1) is 12.7. The van der Waals surface area contributed by atoms with Crippen LogP contribution in [-0.2, 0) is 19.3 Å². The molecule has 4 nitrogen and oxygen atoms in total. The molecular weight excluding hydrogens is 369 g/mol. The maximum absolute atomic E-state index is 13.8. The predicted octanol–water partition coefficient (Wildman–Crippen LogP) is 4.26. The Bertz CT molecular complexity index is 911. The van der Waals surface area contributed by atoms with Gasteiger partial charge in [-0.25, -0.2) is 14.4 Å². The van der Waals surface area contributed by atoms with Crippen LogP contribution in [0.1, 0.15) is 38.9 Å². The summed E-state index contributed by atoms with van der Waals surface area (Å²) in [7, 11) is 0. The molecule has 1 aliphatic rings. The van der Waals surface area contributed by atoms with Crippen LogP contribution in [-0.4, -0.2) is 22.4 Å². The summed E-state index contributed by atoms with van der Waals surface area (Å²) in [5, 5.41) is 6.15. The number of thiazole rings is 2. The topological polar surface area (TPSA) is 54.9 Å². The van der Waals surface area contributed by atoms with Gasteiger partial charge in [-0.15, -0.1) is 22.7 Å². The number of hydrogen-bond acceptors (Lipinski definition) is 5. The number of aryl methyl sites for hydroxylation is 2. The lowest BCUT2D eigenvalue weighted by Crippen LogP contribution is -2.25. The molecule has 7 heteroatoms. The van der Waals surface area contributed by atoms with Crippen LogP contribution >= 0.6 is 22.7 Å². The molecule has 134 valence electrons. The molecule has 4 rings (SSSR count). The number of aromatic nitrogens is 2. The molecule has 0 aliphatic heterocycles. The van der Waals surface area contributed by atoms with Crippen molar-refractivity contribution in [3.8, 4) is 10.6 Å². The minimum atomic E-state index is -0.332. The van der Waals surface area contributed by atoms with Gasteiger partial charge in [0.2, 0.25) is 0 Å². The third-order valence-electron chi connectivity index (χ3n) is 4.36. The van der Waals surface area contributed by atoms with E-state index >= 15 is 0 Å². The van der Waals surface area contributed by atoms with Gasteiger partial charge in [0.25, 0.3) is 5.91 Å². The van der Waals surface area contributed by atoms with Gasteiger partial charge in [-0.1, -0.05) is 12.1 Å². The van der Waals surface area contributed by atoms with Crippen molar-refractivity contribution in [3.05, 3.63) is 56.7 Å². The number of halogens is 1. The van der Waals surface area contributed by atoms with Gasteiger partial charge in [0.1, 0.15) is 16.5 Å². The minimum Gasteiger partial charge on any atom is -0.350 e. The number of nitrogens with one attached hydrogen (secondary N) is 1.